The maximum Gasteiger partial charge on any atom is 0.282 e. The molecule has 1 heterocycles. The summed E-state index contributed by atoms with van der Waals surface area (Å²) in [5.41, 5.74) is 2.49. The topological polar surface area (TPSA) is 69.7 Å². The third-order valence-corrected chi connectivity index (χ3v) is 6.50. The lowest BCUT2D eigenvalue weighted by molar-refractivity contribution is -0.116. The van der Waals surface area contributed by atoms with Crippen LogP contribution in [0.25, 0.3) is 0 Å². The normalized spacial score (nSPS) is 17.6. The monoisotopic (exact) mass is 407 g/mol. The third-order valence-electron chi connectivity index (χ3n) is 4.34. The van der Waals surface area contributed by atoms with Crippen LogP contribution in [0.2, 0.25) is 5.02 Å². The zero-order valence-corrected chi connectivity index (χ0v) is 16.6. The van der Waals surface area contributed by atoms with Gasteiger partial charge in [0.2, 0.25) is 5.91 Å². The minimum Gasteiger partial charge on any atom is -0.325 e. The number of carbonyl (C=O) groups is 1. The molecular weight excluding hydrogens is 386 g/mol. The predicted molar refractivity (Wildman–Crippen MR) is 107 cm³/mol. The van der Waals surface area contributed by atoms with Crippen molar-refractivity contribution in [3.8, 4) is 0 Å². The largest absolute Gasteiger partial charge is 0.325 e. The summed E-state index contributed by atoms with van der Waals surface area (Å²) in [4.78, 5) is 12.3. The molecular formula is C19H22ClN3O3S. The van der Waals surface area contributed by atoms with Crippen LogP contribution in [0.3, 0.4) is 0 Å². The molecule has 3 rings (SSSR count). The zero-order valence-electron chi connectivity index (χ0n) is 15.1. The number of rotatable bonds is 5. The van der Waals surface area contributed by atoms with E-state index >= 15 is 0 Å². The number of nitrogens with zero attached hydrogens (tertiary/aromatic N) is 2. The van der Waals surface area contributed by atoms with Gasteiger partial charge in [-0.3, -0.25) is 4.79 Å². The Kier molecular flexibility index (Phi) is 6.16. The summed E-state index contributed by atoms with van der Waals surface area (Å²) < 4.78 is 28.4. The molecule has 0 unspecified atom stereocenters. The minimum atomic E-state index is -3.71. The number of carbonyl (C=O) groups excluding carboxylic acids is 1. The molecule has 6 nitrogen and oxygen atoms in total. The number of hydrogen-bond donors (Lipinski definition) is 1. The number of hydrogen-bond acceptors (Lipinski definition) is 3. The van der Waals surface area contributed by atoms with E-state index < -0.39 is 10.2 Å². The highest BCUT2D eigenvalue weighted by Gasteiger charge is 2.34. The van der Waals surface area contributed by atoms with Crippen molar-refractivity contribution in [2.75, 3.05) is 25.0 Å². The van der Waals surface area contributed by atoms with Crippen LogP contribution in [0.5, 0.6) is 0 Å². The summed E-state index contributed by atoms with van der Waals surface area (Å²) in [7, 11) is -3.71. The molecule has 1 fully saturated rings. The summed E-state index contributed by atoms with van der Waals surface area (Å²) in [6.07, 6.45) is 0.664. The summed E-state index contributed by atoms with van der Waals surface area (Å²) in [5.74, 6) is -0.353. The molecule has 1 aliphatic rings. The van der Waals surface area contributed by atoms with Gasteiger partial charge in [0.05, 0.1) is 6.54 Å². The second-order valence-corrected chi connectivity index (χ2v) is 8.94. The van der Waals surface area contributed by atoms with Crippen molar-refractivity contribution in [3.05, 3.63) is 64.7 Å². The number of aryl methyl sites for hydroxylation is 1. The maximum atomic E-state index is 12.9. The van der Waals surface area contributed by atoms with Crippen molar-refractivity contribution in [3.63, 3.8) is 0 Å². The lowest BCUT2D eigenvalue weighted by atomic mass is 10.2. The van der Waals surface area contributed by atoms with Crippen LogP contribution in [0.15, 0.2) is 48.5 Å². The number of halogens is 1. The van der Waals surface area contributed by atoms with Gasteiger partial charge in [-0.05, 0) is 48.7 Å². The highest BCUT2D eigenvalue weighted by Crippen LogP contribution is 2.21. The molecule has 0 aromatic heterocycles. The first-order valence-electron chi connectivity index (χ1n) is 8.71. The van der Waals surface area contributed by atoms with Gasteiger partial charge in [0.1, 0.15) is 0 Å². The lowest BCUT2D eigenvalue weighted by Gasteiger charge is -2.34. The Bertz CT molecular complexity index is 933. The van der Waals surface area contributed by atoms with E-state index in [-0.39, 0.29) is 19.0 Å². The number of benzene rings is 2. The van der Waals surface area contributed by atoms with Gasteiger partial charge in [0.25, 0.3) is 10.2 Å². The van der Waals surface area contributed by atoms with Gasteiger partial charge < -0.3 is 5.32 Å². The zero-order chi connectivity index (χ0) is 19.4. The van der Waals surface area contributed by atoms with Crippen LogP contribution >= 0.6 is 11.6 Å². The van der Waals surface area contributed by atoms with Crippen molar-refractivity contribution in [1.82, 2.24) is 8.61 Å². The fourth-order valence-corrected chi connectivity index (χ4v) is 4.91. The summed E-state index contributed by atoms with van der Waals surface area (Å²) in [5, 5.41) is 3.32. The van der Waals surface area contributed by atoms with E-state index in [2.05, 4.69) is 5.32 Å². The number of anilines is 1. The minimum absolute atomic E-state index is 0.206. The molecule has 2 aromatic carbocycles. The molecule has 0 aliphatic carbocycles. The van der Waals surface area contributed by atoms with Crippen LogP contribution in [-0.2, 0) is 21.5 Å². The molecule has 27 heavy (non-hydrogen) atoms. The highest BCUT2D eigenvalue weighted by atomic mass is 35.5. The first-order valence-corrected chi connectivity index (χ1v) is 10.5. The fraction of sp³-hybridized carbons (Fsp3) is 0.316. The van der Waals surface area contributed by atoms with Gasteiger partial charge in [0, 0.05) is 30.3 Å². The predicted octanol–water partition coefficient (Wildman–Crippen LogP) is 3.04. The smallest absolute Gasteiger partial charge is 0.282 e. The summed E-state index contributed by atoms with van der Waals surface area (Å²) >= 11 is 5.99. The van der Waals surface area contributed by atoms with Gasteiger partial charge in [-0.25, -0.2) is 0 Å². The molecule has 0 bridgehead atoms. The molecule has 2 aromatic rings. The average molecular weight is 408 g/mol. The standard InChI is InChI=1S/C19H22ClN3O3S/c1-15-5-2-8-18(11-15)21-19(24)14-23-10-4-9-22(27(23,25)26)13-16-6-3-7-17(20)12-16/h2-3,5-8,11-12H,4,9-10,13-14H2,1H3,(H,21,24). The van der Waals surface area contributed by atoms with Crippen LogP contribution in [0.4, 0.5) is 5.69 Å². The third kappa shape index (κ3) is 5.07. The van der Waals surface area contributed by atoms with E-state index in [0.717, 1.165) is 11.1 Å². The van der Waals surface area contributed by atoms with Crippen LogP contribution in [0.1, 0.15) is 17.5 Å². The second-order valence-electron chi connectivity index (χ2n) is 6.58. The van der Waals surface area contributed by atoms with Crippen LogP contribution in [0, 0.1) is 6.92 Å². The lowest BCUT2D eigenvalue weighted by Crippen LogP contribution is -2.51. The Morgan fingerprint density at radius 3 is 2.59 bits per heavy atom. The summed E-state index contributed by atoms with van der Waals surface area (Å²) in [6, 6.07) is 14.5. The molecule has 1 amide bonds. The van der Waals surface area contributed by atoms with E-state index in [9.17, 15) is 13.2 Å². The fourth-order valence-electron chi connectivity index (χ4n) is 3.06. The van der Waals surface area contributed by atoms with Gasteiger partial charge in [-0.2, -0.15) is 17.0 Å². The Morgan fingerprint density at radius 2 is 1.85 bits per heavy atom. The van der Waals surface area contributed by atoms with Gasteiger partial charge in [-0.15, -0.1) is 0 Å². The van der Waals surface area contributed by atoms with Crippen molar-refractivity contribution in [2.45, 2.75) is 19.9 Å². The van der Waals surface area contributed by atoms with Gasteiger partial charge >= 0.3 is 0 Å². The van der Waals surface area contributed by atoms with Crippen molar-refractivity contribution >= 4 is 33.4 Å². The van der Waals surface area contributed by atoms with Crippen LogP contribution in [-0.4, -0.2) is 42.6 Å². The van der Waals surface area contributed by atoms with Crippen molar-refractivity contribution in [1.29, 1.82) is 0 Å². The van der Waals surface area contributed by atoms with Crippen LogP contribution < -0.4 is 5.32 Å². The Hall–Kier alpha value is -1.93. The molecule has 1 saturated heterocycles. The summed E-state index contributed by atoms with van der Waals surface area (Å²) in [6.45, 7) is 2.71. The Labute approximate surface area is 164 Å². The molecule has 1 aliphatic heterocycles. The molecule has 0 radical (unpaired) electrons. The van der Waals surface area contributed by atoms with Crippen molar-refractivity contribution < 1.29 is 13.2 Å². The van der Waals surface area contributed by atoms with Gasteiger partial charge in [0.15, 0.2) is 0 Å². The molecule has 144 valence electrons. The Balaban J connectivity index is 1.67. The van der Waals surface area contributed by atoms with E-state index in [1.807, 2.05) is 31.2 Å². The number of nitrogens with one attached hydrogen (secondary N) is 1. The number of amides is 1. The molecule has 1 N–H and O–H groups in total. The van der Waals surface area contributed by atoms with Gasteiger partial charge in [-0.1, -0.05) is 35.9 Å². The van der Waals surface area contributed by atoms with E-state index in [1.54, 1.807) is 24.3 Å². The Morgan fingerprint density at radius 1 is 1.11 bits per heavy atom. The molecule has 0 atom stereocenters. The first kappa shape index (κ1) is 19.8. The molecule has 8 heteroatoms. The molecule has 0 spiro atoms. The van der Waals surface area contributed by atoms with E-state index in [4.69, 9.17) is 11.6 Å². The van der Waals surface area contributed by atoms with E-state index in [1.165, 1.54) is 8.61 Å². The SMILES string of the molecule is Cc1cccc(NC(=O)CN2CCCN(Cc3cccc(Cl)c3)S2(=O)=O)c1. The second kappa shape index (κ2) is 8.39. The quantitative estimate of drug-likeness (QED) is 0.828. The van der Waals surface area contributed by atoms with Crippen molar-refractivity contribution in [2.24, 2.45) is 0 Å². The first-order chi connectivity index (χ1) is 12.8. The maximum absolute atomic E-state index is 12.9. The molecule has 0 saturated carbocycles. The highest BCUT2D eigenvalue weighted by molar-refractivity contribution is 7.86. The average Bonchev–Trinajstić information content (AvgIpc) is 2.59. The van der Waals surface area contributed by atoms with E-state index in [0.29, 0.717) is 30.2 Å².